The Balaban J connectivity index is 0.000000360. The van der Waals surface area contributed by atoms with Gasteiger partial charge in [-0.05, 0) is 30.3 Å². The molecule has 2 aromatic heterocycles. The first-order valence-corrected chi connectivity index (χ1v) is 9.60. The number of aromatic nitrogens is 2. The molecule has 3 aromatic rings. The molecule has 0 bridgehead atoms. The molecule has 0 unspecified atom stereocenters. The Morgan fingerprint density at radius 2 is 1.84 bits per heavy atom. The normalized spacial score (nSPS) is 12.8. The van der Waals surface area contributed by atoms with Gasteiger partial charge in [0.25, 0.3) is 5.91 Å². The Bertz CT molecular complexity index is 1140. The Morgan fingerprint density at radius 3 is 2.47 bits per heavy atom. The van der Waals surface area contributed by atoms with E-state index < -0.39 is 12.1 Å². The van der Waals surface area contributed by atoms with Gasteiger partial charge in [0.05, 0.1) is 11.3 Å². The number of nitrogens with zero attached hydrogens (tertiary/aromatic N) is 2. The second-order valence-electron chi connectivity index (χ2n) is 7.26. The second kappa shape index (κ2) is 9.13. The van der Waals surface area contributed by atoms with Crippen molar-refractivity contribution in [1.29, 1.82) is 0 Å². The number of carbonyl (C=O) groups excluding carboxylic acids is 1. The number of rotatable bonds is 3. The van der Waals surface area contributed by atoms with Crippen molar-refractivity contribution in [3.05, 3.63) is 59.9 Å². The summed E-state index contributed by atoms with van der Waals surface area (Å²) in [7, 11) is 4.05. The van der Waals surface area contributed by atoms with E-state index in [0.717, 1.165) is 45.9 Å². The molecule has 0 aliphatic carbocycles. The summed E-state index contributed by atoms with van der Waals surface area (Å²) in [5, 5.41) is 10.0. The van der Waals surface area contributed by atoms with Gasteiger partial charge in [-0.3, -0.25) is 9.78 Å². The summed E-state index contributed by atoms with van der Waals surface area (Å²) >= 11 is 0. The Hall–Kier alpha value is -3.82. The van der Waals surface area contributed by atoms with Crippen LogP contribution in [0.1, 0.15) is 16.1 Å². The largest absolute Gasteiger partial charge is 0.490 e. The summed E-state index contributed by atoms with van der Waals surface area (Å²) in [6.45, 7) is 0.685. The predicted octanol–water partition coefficient (Wildman–Crippen LogP) is 3.73. The van der Waals surface area contributed by atoms with E-state index in [1.165, 1.54) is 0 Å². The number of carbonyl (C=O) groups is 2. The van der Waals surface area contributed by atoms with Gasteiger partial charge < -0.3 is 20.3 Å². The molecule has 0 fully saturated rings. The standard InChI is InChI=1S/C20H20N4O.C2HF3O2/c1-24(2)15-5-3-4-13(10-15)18-11-14(6-8-21-18)19-12-16-17(23-19)7-9-22-20(16)25;3-2(4,5)1(6)7/h3-6,8,10-12,23H,7,9H2,1-2H3,(H,22,25);(H,6,7). The van der Waals surface area contributed by atoms with E-state index >= 15 is 0 Å². The molecule has 1 aromatic carbocycles. The van der Waals surface area contributed by atoms with Crippen molar-refractivity contribution in [3.63, 3.8) is 0 Å². The highest BCUT2D eigenvalue weighted by Crippen LogP contribution is 2.28. The summed E-state index contributed by atoms with van der Waals surface area (Å²) in [6.07, 6.45) is -2.43. The fourth-order valence-electron chi connectivity index (χ4n) is 3.15. The van der Waals surface area contributed by atoms with Crippen LogP contribution in [0.4, 0.5) is 18.9 Å². The smallest absolute Gasteiger partial charge is 0.475 e. The number of hydrogen-bond acceptors (Lipinski definition) is 4. The zero-order valence-electron chi connectivity index (χ0n) is 17.3. The molecule has 0 atom stereocenters. The zero-order chi connectivity index (χ0) is 23.5. The fourth-order valence-corrected chi connectivity index (χ4v) is 3.15. The van der Waals surface area contributed by atoms with E-state index in [4.69, 9.17) is 9.90 Å². The lowest BCUT2D eigenvalue weighted by Gasteiger charge is -2.13. The lowest BCUT2D eigenvalue weighted by Crippen LogP contribution is -2.31. The number of pyridine rings is 1. The van der Waals surface area contributed by atoms with Crippen LogP contribution in [-0.2, 0) is 11.2 Å². The van der Waals surface area contributed by atoms with Crippen molar-refractivity contribution in [3.8, 4) is 22.5 Å². The molecule has 3 N–H and O–H groups in total. The van der Waals surface area contributed by atoms with Crippen LogP contribution in [0.15, 0.2) is 48.7 Å². The molecule has 168 valence electrons. The van der Waals surface area contributed by atoms with Gasteiger partial charge in [0, 0.05) is 61.5 Å². The summed E-state index contributed by atoms with van der Waals surface area (Å²) in [5.74, 6) is -2.76. The number of hydrogen-bond donors (Lipinski definition) is 3. The molecule has 10 heteroatoms. The number of benzene rings is 1. The van der Waals surface area contributed by atoms with Gasteiger partial charge in [0.15, 0.2) is 0 Å². The molecule has 0 radical (unpaired) electrons. The predicted molar refractivity (Wildman–Crippen MR) is 114 cm³/mol. The van der Waals surface area contributed by atoms with E-state index in [1.807, 2.05) is 38.5 Å². The first kappa shape index (κ1) is 22.9. The first-order valence-electron chi connectivity index (χ1n) is 9.60. The highest BCUT2D eigenvalue weighted by atomic mass is 19.4. The van der Waals surface area contributed by atoms with Crippen molar-refractivity contribution in [2.45, 2.75) is 12.6 Å². The number of nitrogens with one attached hydrogen (secondary N) is 2. The highest BCUT2D eigenvalue weighted by molar-refractivity contribution is 5.97. The molecule has 1 aliphatic rings. The molecular formula is C22H21F3N4O3. The van der Waals surface area contributed by atoms with E-state index in [-0.39, 0.29) is 5.91 Å². The SMILES string of the molecule is CN(C)c1cccc(-c2cc(-c3cc4c([nH]3)CCNC4=O)ccn2)c1.O=C(O)C(F)(F)F. The Kier molecular flexibility index (Phi) is 6.52. The lowest BCUT2D eigenvalue weighted by atomic mass is 10.1. The summed E-state index contributed by atoms with van der Waals surface area (Å²) in [4.78, 5) is 30.9. The van der Waals surface area contributed by atoms with Crippen LogP contribution in [0.3, 0.4) is 0 Å². The fraction of sp³-hybridized carbons (Fsp3) is 0.227. The van der Waals surface area contributed by atoms with Gasteiger partial charge in [-0.15, -0.1) is 0 Å². The molecule has 7 nitrogen and oxygen atoms in total. The van der Waals surface area contributed by atoms with Crippen molar-refractivity contribution in [2.24, 2.45) is 0 Å². The number of H-pyrrole nitrogens is 1. The van der Waals surface area contributed by atoms with Gasteiger partial charge in [-0.25, -0.2) is 4.79 Å². The monoisotopic (exact) mass is 446 g/mol. The molecule has 1 aliphatic heterocycles. The topological polar surface area (TPSA) is 98.3 Å². The van der Waals surface area contributed by atoms with Crippen molar-refractivity contribution in [2.75, 3.05) is 25.5 Å². The summed E-state index contributed by atoms with van der Waals surface area (Å²) < 4.78 is 31.7. The lowest BCUT2D eigenvalue weighted by molar-refractivity contribution is -0.192. The van der Waals surface area contributed by atoms with Crippen LogP contribution < -0.4 is 10.2 Å². The number of alkyl halides is 3. The van der Waals surface area contributed by atoms with Crippen LogP contribution in [0.5, 0.6) is 0 Å². The molecule has 0 saturated heterocycles. The molecule has 1 amide bonds. The minimum Gasteiger partial charge on any atom is -0.475 e. The van der Waals surface area contributed by atoms with Gasteiger partial charge in [-0.1, -0.05) is 12.1 Å². The average molecular weight is 446 g/mol. The van der Waals surface area contributed by atoms with Crippen LogP contribution >= 0.6 is 0 Å². The third kappa shape index (κ3) is 5.26. The maximum atomic E-state index is 12.0. The molecule has 3 heterocycles. The molecule has 0 saturated carbocycles. The van der Waals surface area contributed by atoms with Crippen LogP contribution in [0.2, 0.25) is 0 Å². The maximum absolute atomic E-state index is 12.0. The van der Waals surface area contributed by atoms with E-state index in [9.17, 15) is 18.0 Å². The number of carboxylic acid groups (broad SMARTS) is 1. The number of anilines is 1. The Labute approximate surface area is 181 Å². The number of halogens is 3. The minimum absolute atomic E-state index is 0.00304. The molecule has 0 spiro atoms. The average Bonchev–Trinajstić information content (AvgIpc) is 3.20. The number of carboxylic acids is 1. The molecular weight excluding hydrogens is 425 g/mol. The van der Waals surface area contributed by atoms with Gasteiger partial charge in [-0.2, -0.15) is 13.2 Å². The third-order valence-electron chi connectivity index (χ3n) is 4.78. The summed E-state index contributed by atoms with van der Waals surface area (Å²) in [5.41, 5.74) is 6.86. The second-order valence-corrected chi connectivity index (χ2v) is 7.26. The summed E-state index contributed by atoms with van der Waals surface area (Å²) in [6, 6.07) is 14.3. The molecule has 4 rings (SSSR count). The van der Waals surface area contributed by atoms with E-state index in [1.54, 1.807) is 0 Å². The third-order valence-corrected chi connectivity index (χ3v) is 4.78. The number of amides is 1. The number of aliphatic carboxylic acids is 1. The Morgan fingerprint density at radius 1 is 1.12 bits per heavy atom. The van der Waals surface area contributed by atoms with Crippen molar-refractivity contribution in [1.82, 2.24) is 15.3 Å². The van der Waals surface area contributed by atoms with E-state index in [2.05, 4.69) is 44.5 Å². The number of aromatic amines is 1. The van der Waals surface area contributed by atoms with Crippen LogP contribution in [0.25, 0.3) is 22.5 Å². The molecule has 32 heavy (non-hydrogen) atoms. The van der Waals surface area contributed by atoms with Crippen molar-refractivity contribution < 1.29 is 27.9 Å². The van der Waals surface area contributed by atoms with E-state index in [0.29, 0.717) is 6.54 Å². The first-order chi connectivity index (χ1) is 15.1. The van der Waals surface area contributed by atoms with Gasteiger partial charge in [0.2, 0.25) is 0 Å². The van der Waals surface area contributed by atoms with Crippen LogP contribution in [0, 0.1) is 0 Å². The number of fused-ring (bicyclic) bond motifs is 1. The zero-order valence-corrected chi connectivity index (χ0v) is 17.3. The van der Waals surface area contributed by atoms with Crippen LogP contribution in [-0.4, -0.2) is 53.8 Å². The minimum atomic E-state index is -5.08. The van der Waals surface area contributed by atoms with Gasteiger partial charge >= 0.3 is 12.1 Å². The maximum Gasteiger partial charge on any atom is 0.490 e. The highest BCUT2D eigenvalue weighted by Gasteiger charge is 2.38. The van der Waals surface area contributed by atoms with Gasteiger partial charge in [0.1, 0.15) is 0 Å². The quantitative estimate of drug-likeness (QED) is 0.570. The van der Waals surface area contributed by atoms with Crippen molar-refractivity contribution >= 4 is 17.6 Å².